The van der Waals surface area contributed by atoms with Gasteiger partial charge in [-0.2, -0.15) is 0 Å². The molecule has 0 aliphatic carbocycles. The number of nitrogens with two attached hydrogens (primary N) is 1. The van der Waals surface area contributed by atoms with Crippen LogP contribution in [0.25, 0.3) is 0 Å². The van der Waals surface area contributed by atoms with Crippen LogP contribution in [-0.4, -0.2) is 35.8 Å². The number of unbranched alkanes of at least 4 members (excludes halogenated alkanes) is 1. The fourth-order valence-corrected chi connectivity index (χ4v) is 1.63. The summed E-state index contributed by atoms with van der Waals surface area (Å²) in [7, 11) is 0. The monoisotopic (exact) mass is 282 g/mol. The van der Waals surface area contributed by atoms with Gasteiger partial charge in [-0.15, -0.1) is 0 Å². The maximum atomic E-state index is 5.75. The van der Waals surface area contributed by atoms with Crippen molar-refractivity contribution in [1.82, 2.24) is 9.97 Å². The van der Waals surface area contributed by atoms with Gasteiger partial charge in [-0.25, -0.2) is 9.97 Å². The van der Waals surface area contributed by atoms with Crippen molar-refractivity contribution >= 4 is 11.6 Å². The summed E-state index contributed by atoms with van der Waals surface area (Å²) in [5, 5.41) is 3.25. The number of nitrogens with one attached hydrogen (secondary N) is 1. The summed E-state index contributed by atoms with van der Waals surface area (Å²) in [5.41, 5.74) is 5.75. The summed E-state index contributed by atoms with van der Waals surface area (Å²) in [6.07, 6.45) is 2.35. The van der Waals surface area contributed by atoms with Crippen LogP contribution in [0.5, 0.6) is 0 Å². The van der Waals surface area contributed by atoms with Crippen LogP contribution in [0.2, 0.25) is 0 Å². The van der Waals surface area contributed by atoms with E-state index in [0.717, 1.165) is 31.8 Å². The highest BCUT2D eigenvalue weighted by Crippen LogP contribution is 2.09. The Hall–Kier alpha value is -1.40. The summed E-state index contributed by atoms with van der Waals surface area (Å²) in [4.78, 5) is 8.49. The third-order valence-electron chi connectivity index (χ3n) is 2.56. The van der Waals surface area contributed by atoms with E-state index in [0.29, 0.717) is 31.0 Å². The molecule has 0 fully saturated rings. The minimum absolute atomic E-state index is 0.297. The first-order valence-corrected chi connectivity index (χ1v) is 7.18. The molecule has 6 heteroatoms. The van der Waals surface area contributed by atoms with Crippen molar-refractivity contribution in [3.05, 3.63) is 11.9 Å². The molecule has 0 amide bonds. The van der Waals surface area contributed by atoms with E-state index in [2.05, 4.69) is 15.3 Å². The molecule has 0 bridgehead atoms. The maximum absolute atomic E-state index is 5.75. The number of nitrogen functional groups attached to an aromatic ring is 1. The van der Waals surface area contributed by atoms with E-state index >= 15 is 0 Å². The van der Waals surface area contributed by atoms with Crippen LogP contribution in [0, 0.1) is 0 Å². The zero-order valence-corrected chi connectivity index (χ0v) is 12.7. The molecule has 0 saturated heterocycles. The standard InChI is InChI=1S/C14H26N4O2/c1-4-19-10-14-17-12(15)9-13(18-14)16-7-5-6-8-20-11(2)3/h9,11H,4-8,10H2,1-3H3,(H3,15,16,17,18). The largest absolute Gasteiger partial charge is 0.384 e. The summed E-state index contributed by atoms with van der Waals surface area (Å²) in [6, 6.07) is 1.74. The summed E-state index contributed by atoms with van der Waals surface area (Å²) >= 11 is 0. The first-order chi connectivity index (χ1) is 9.61. The number of rotatable bonds is 10. The normalized spacial score (nSPS) is 11.0. The van der Waals surface area contributed by atoms with E-state index in [1.54, 1.807) is 6.07 Å². The zero-order chi connectivity index (χ0) is 14.8. The van der Waals surface area contributed by atoms with Gasteiger partial charge in [0.05, 0.1) is 6.10 Å². The molecule has 1 aromatic rings. The van der Waals surface area contributed by atoms with Gasteiger partial charge in [0.2, 0.25) is 0 Å². The second-order valence-electron chi connectivity index (χ2n) is 4.78. The van der Waals surface area contributed by atoms with Crippen molar-refractivity contribution in [3.8, 4) is 0 Å². The molecule has 20 heavy (non-hydrogen) atoms. The summed E-state index contributed by atoms with van der Waals surface area (Å²) < 4.78 is 10.8. The molecule has 0 aliphatic rings. The molecule has 0 atom stereocenters. The van der Waals surface area contributed by atoms with Crippen LogP contribution in [0.4, 0.5) is 11.6 Å². The lowest BCUT2D eigenvalue weighted by atomic mass is 10.3. The molecule has 1 rings (SSSR count). The molecule has 0 aliphatic heterocycles. The molecule has 0 spiro atoms. The van der Waals surface area contributed by atoms with Crippen molar-refractivity contribution < 1.29 is 9.47 Å². The topological polar surface area (TPSA) is 82.3 Å². The van der Waals surface area contributed by atoms with Gasteiger partial charge in [0.25, 0.3) is 0 Å². The molecule has 114 valence electrons. The van der Waals surface area contributed by atoms with Gasteiger partial charge in [-0.1, -0.05) is 0 Å². The Kier molecular flexibility index (Phi) is 7.91. The second-order valence-corrected chi connectivity index (χ2v) is 4.78. The van der Waals surface area contributed by atoms with Crippen LogP contribution < -0.4 is 11.1 Å². The van der Waals surface area contributed by atoms with Gasteiger partial charge in [-0.05, 0) is 33.6 Å². The van der Waals surface area contributed by atoms with Crippen molar-refractivity contribution in [1.29, 1.82) is 0 Å². The number of hydrogen-bond acceptors (Lipinski definition) is 6. The minimum atomic E-state index is 0.297. The minimum Gasteiger partial charge on any atom is -0.384 e. The lowest BCUT2D eigenvalue weighted by Gasteiger charge is -2.09. The van der Waals surface area contributed by atoms with Gasteiger partial charge >= 0.3 is 0 Å². The van der Waals surface area contributed by atoms with Crippen molar-refractivity contribution in [2.75, 3.05) is 30.8 Å². The van der Waals surface area contributed by atoms with Crippen molar-refractivity contribution in [2.45, 2.75) is 46.3 Å². The maximum Gasteiger partial charge on any atom is 0.158 e. The van der Waals surface area contributed by atoms with E-state index in [-0.39, 0.29) is 0 Å². The van der Waals surface area contributed by atoms with E-state index in [9.17, 15) is 0 Å². The Morgan fingerprint density at radius 1 is 1.30 bits per heavy atom. The molecule has 1 heterocycles. The first-order valence-electron chi connectivity index (χ1n) is 7.18. The zero-order valence-electron chi connectivity index (χ0n) is 12.7. The highest BCUT2D eigenvalue weighted by atomic mass is 16.5. The highest BCUT2D eigenvalue weighted by molar-refractivity contribution is 5.44. The number of hydrogen-bond donors (Lipinski definition) is 2. The average molecular weight is 282 g/mol. The van der Waals surface area contributed by atoms with Gasteiger partial charge in [-0.3, -0.25) is 0 Å². The summed E-state index contributed by atoms with van der Waals surface area (Å²) in [6.45, 7) is 8.68. The number of aromatic nitrogens is 2. The lowest BCUT2D eigenvalue weighted by molar-refractivity contribution is 0.0765. The van der Waals surface area contributed by atoms with Gasteiger partial charge in [0.1, 0.15) is 18.2 Å². The third kappa shape index (κ3) is 7.25. The molecule has 6 nitrogen and oxygen atoms in total. The van der Waals surface area contributed by atoms with Gasteiger partial charge in [0.15, 0.2) is 5.82 Å². The quantitative estimate of drug-likeness (QED) is 0.640. The fraction of sp³-hybridized carbons (Fsp3) is 0.714. The van der Waals surface area contributed by atoms with E-state index in [1.165, 1.54) is 0 Å². The van der Waals surface area contributed by atoms with Gasteiger partial charge < -0.3 is 20.5 Å². The van der Waals surface area contributed by atoms with Gasteiger partial charge in [0, 0.05) is 25.8 Å². The molecular formula is C14H26N4O2. The Labute approximate surface area is 121 Å². The van der Waals surface area contributed by atoms with E-state index in [4.69, 9.17) is 15.2 Å². The van der Waals surface area contributed by atoms with Crippen LogP contribution >= 0.6 is 0 Å². The molecular weight excluding hydrogens is 256 g/mol. The Morgan fingerprint density at radius 3 is 2.80 bits per heavy atom. The third-order valence-corrected chi connectivity index (χ3v) is 2.56. The molecule has 0 saturated carbocycles. The summed E-state index contributed by atoms with van der Waals surface area (Å²) in [5.74, 6) is 1.81. The predicted octanol–water partition coefficient (Wildman–Crippen LogP) is 2.21. The van der Waals surface area contributed by atoms with E-state index in [1.807, 2.05) is 20.8 Å². The number of ether oxygens (including phenoxy) is 2. The van der Waals surface area contributed by atoms with Crippen LogP contribution in [0.15, 0.2) is 6.07 Å². The van der Waals surface area contributed by atoms with Crippen LogP contribution in [-0.2, 0) is 16.1 Å². The first kappa shape index (κ1) is 16.7. The molecule has 0 radical (unpaired) electrons. The lowest BCUT2D eigenvalue weighted by Crippen LogP contribution is -2.10. The van der Waals surface area contributed by atoms with E-state index < -0.39 is 0 Å². The molecule has 3 N–H and O–H groups in total. The molecule has 0 aromatic carbocycles. The number of anilines is 2. The highest BCUT2D eigenvalue weighted by Gasteiger charge is 2.02. The average Bonchev–Trinajstić information content (AvgIpc) is 2.39. The predicted molar refractivity (Wildman–Crippen MR) is 80.6 cm³/mol. The van der Waals surface area contributed by atoms with Crippen LogP contribution in [0.1, 0.15) is 39.4 Å². The number of nitrogens with zero attached hydrogens (tertiary/aromatic N) is 2. The fourth-order valence-electron chi connectivity index (χ4n) is 1.63. The molecule has 1 aromatic heterocycles. The Morgan fingerprint density at radius 2 is 2.10 bits per heavy atom. The van der Waals surface area contributed by atoms with Crippen molar-refractivity contribution in [2.24, 2.45) is 0 Å². The van der Waals surface area contributed by atoms with Crippen molar-refractivity contribution in [3.63, 3.8) is 0 Å². The second kappa shape index (κ2) is 9.50. The Balaban J connectivity index is 2.30. The Bertz CT molecular complexity index is 385. The molecule has 0 unspecified atom stereocenters. The van der Waals surface area contributed by atoms with Crippen LogP contribution in [0.3, 0.4) is 0 Å². The SMILES string of the molecule is CCOCc1nc(N)cc(NCCCCOC(C)C)n1. The smallest absolute Gasteiger partial charge is 0.158 e.